The maximum Gasteiger partial charge on any atom is 0.335 e. The molecule has 4 aliphatic heterocycles. The van der Waals surface area contributed by atoms with E-state index in [1.165, 1.54) is 138 Å². The highest BCUT2D eigenvalue weighted by Crippen LogP contribution is 2.40. The molecule has 7 aromatic heterocycles. The molecule has 12 aromatic rings. The van der Waals surface area contributed by atoms with Gasteiger partial charge in [0.05, 0.1) is 116 Å². The number of aryl methyl sites for hydroxylation is 1. The number of sulfonamides is 4. The average molecular weight is 2080 g/mol. The molecule has 4 aliphatic rings. The number of rotatable bonds is 20. The summed E-state index contributed by atoms with van der Waals surface area (Å²) in [5.41, 5.74) is 1.93. The second-order valence-electron chi connectivity index (χ2n) is 27.0. The molecule has 0 atom stereocenters. The summed E-state index contributed by atoms with van der Waals surface area (Å²) in [5.74, 6) is -4.72. The summed E-state index contributed by atoms with van der Waals surface area (Å²) in [6, 6.07) is 23.9. The Labute approximate surface area is 790 Å². The van der Waals surface area contributed by atoms with Gasteiger partial charge in [0, 0.05) is 52.5 Å². The predicted octanol–water partition coefficient (Wildman–Crippen LogP) is 14.4. The van der Waals surface area contributed by atoms with Crippen LogP contribution >= 0.6 is 91.8 Å². The number of nitrogens with one attached hydrogen (secondary N) is 12. The molecule has 0 aliphatic carbocycles. The van der Waals surface area contributed by atoms with E-state index in [1.54, 1.807) is 38.9 Å². The summed E-state index contributed by atoms with van der Waals surface area (Å²) < 4.78 is 199. The van der Waals surface area contributed by atoms with Gasteiger partial charge in [0.2, 0.25) is 5.95 Å². The van der Waals surface area contributed by atoms with Crippen molar-refractivity contribution in [1.29, 1.82) is 0 Å². The SMILES string of the molecule is CNc1cc2c(cc1F)C(=O)N(c1ccc(NC(=O)NS(=O)(=O)c3ccc(Cl)s3)c(F)c1)CO2.CNc1cc2c(cc1F)C(=O)N(c1ccc(NC(=O)NS(=O)(=O)c3ccc(Cl)s3)nc1)CO2.CNc1cc2c(cc1F)C(=O)N(c1cnc(NC(=O)NS(=O)(=O)c3ccc(Cl)s3)c(C)c1)CO2.CNc1cc2c(cc1F)C(=O)N(c1cnc(NC(=O)NS(=O)(=O)c3ccc(Cl)s3)nc1)CO2. The molecule has 0 fully saturated rings. The lowest BCUT2D eigenvalue weighted by Gasteiger charge is -2.29. The van der Waals surface area contributed by atoms with Gasteiger partial charge in [0.15, 0.2) is 26.9 Å². The first-order valence-corrected chi connectivity index (χ1v) is 48.0. The van der Waals surface area contributed by atoms with Gasteiger partial charge in [0.25, 0.3) is 63.7 Å². The smallest absolute Gasteiger partial charge is 0.335 e. The number of carbonyl (C=O) groups is 8. The Morgan fingerprint density at radius 3 is 0.978 bits per heavy atom. The minimum absolute atomic E-state index is 0.0261. The number of halogens is 9. The zero-order chi connectivity index (χ0) is 96.7. The number of ether oxygens (including phenoxy) is 4. The van der Waals surface area contributed by atoms with E-state index in [0.29, 0.717) is 16.9 Å². The van der Waals surface area contributed by atoms with Crippen LogP contribution in [0, 0.1) is 36.0 Å². The van der Waals surface area contributed by atoms with Gasteiger partial charge in [-0.25, -0.2) is 114 Å². The lowest BCUT2D eigenvalue weighted by atomic mass is 10.1. The van der Waals surface area contributed by atoms with Gasteiger partial charge in [-0.2, -0.15) is 0 Å². The lowest BCUT2D eigenvalue weighted by Crippen LogP contribution is -2.39. The third kappa shape index (κ3) is 22.6. The van der Waals surface area contributed by atoms with Crippen LogP contribution in [-0.4, -0.2) is 156 Å². The molecule has 16 rings (SSSR count). The van der Waals surface area contributed by atoms with Gasteiger partial charge in [-0.1, -0.05) is 46.4 Å². The molecular formula is C77H61Cl4F5N20O20S8. The van der Waals surface area contributed by atoms with Gasteiger partial charge in [-0.15, -0.1) is 45.3 Å². The molecule has 5 aromatic carbocycles. The number of anilines is 12. The number of carbonyl (C=O) groups excluding carboxylic acids is 8. The molecule has 0 spiro atoms. The third-order valence-electron chi connectivity index (χ3n) is 18.4. The van der Waals surface area contributed by atoms with Crippen molar-refractivity contribution in [2.75, 3.05) is 117 Å². The van der Waals surface area contributed by atoms with Gasteiger partial charge in [-0.05, 0) is 122 Å². The van der Waals surface area contributed by atoms with Crippen LogP contribution in [0.2, 0.25) is 17.3 Å². The van der Waals surface area contributed by atoms with E-state index in [9.17, 15) is 94.0 Å². The summed E-state index contributed by atoms with van der Waals surface area (Å²) in [6.07, 6.45) is 5.04. The number of amides is 12. The predicted molar refractivity (Wildman–Crippen MR) is 489 cm³/mol. The van der Waals surface area contributed by atoms with Crippen molar-refractivity contribution < 1.29 is 113 Å². The highest BCUT2D eigenvalue weighted by atomic mass is 35.5. The fourth-order valence-corrected chi connectivity index (χ4v) is 21.6. The van der Waals surface area contributed by atoms with Crippen molar-refractivity contribution in [2.45, 2.75) is 23.8 Å². The standard InChI is InChI=1S/C20H15ClF2N4O5S2.C20H17ClFN5O5S2.C19H15ClFN5O5S2.C18H14ClFN6O5S2/c1-24-15-8-16-11(7-13(15)23)19(28)27(9-32-16)10-2-3-14(12(22)6-10)25-20(29)26-34(30,31)18-5-4-17(21)33-18;1-10-5-11(27-9-32-15-7-14(23-2)13(22)6-12(15)19(27)28)8-24-18(10)25-20(29)26-34(30,31)17-4-3-16(21)33-17;1-22-13-7-14-11(6-12(13)21)18(27)26(9-31-14)10-2-4-16(23-8-10)24-19(28)25-33(29,30)17-5-3-15(20)32-17;1-21-12-5-13-10(4-11(12)20)16(27)26(8-31-13)9-6-22-17(23-7-9)24-18(28)25-33(29,30)15-3-2-14(19)32-15/h2-8,24H,9H2,1H3,(H2,25,26,29);3-8,23H,9H2,1-2H3,(H2,24,25,26,29);2-8,22H,9H2,1H3,(H2,23,24,25,28);2-7,21H,8H2,1H3,(H2,22,23,24,25,28). The van der Waals surface area contributed by atoms with E-state index >= 15 is 0 Å². The fraction of sp³-hybridized carbons (Fsp3) is 0.117. The van der Waals surface area contributed by atoms with Crippen molar-refractivity contribution in [3.63, 3.8) is 0 Å². The number of benzene rings is 5. The second kappa shape index (κ2) is 40.8. The zero-order valence-electron chi connectivity index (χ0n) is 68.2. The average Bonchev–Trinajstić information content (AvgIpc) is 0.808. The van der Waals surface area contributed by atoms with E-state index in [1.807, 2.05) is 14.2 Å². The maximum atomic E-state index is 14.7. The molecule has 12 amide bonds. The molecule has 0 saturated heterocycles. The number of nitrogens with zero attached hydrogens (tertiary/aromatic N) is 8. The molecule has 12 N–H and O–H groups in total. The molecule has 0 unspecified atom stereocenters. The van der Waals surface area contributed by atoms with E-state index < -0.39 is 117 Å². The Kier molecular flexibility index (Phi) is 29.7. The molecule has 40 nitrogen and oxygen atoms in total. The molecule has 700 valence electrons. The van der Waals surface area contributed by atoms with Crippen LogP contribution in [0.5, 0.6) is 23.0 Å². The Morgan fingerprint density at radius 1 is 0.343 bits per heavy atom. The summed E-state index contributed by atoms with van der Waals surface area (Å²) in [6.45, 7) is 0.934. The zero-order valence-corrected chi connectivity index (χ0v) is 77.8. The van der Waals surface area contributed by atoms with Crippen molar-refractivity contribution >= 4 is 248 Å². The van der Waals surface area contributed by atoms with E-state index in [2.05, 4.69) is 62.5 Å². The summed E-state index contributed by atoms with van der Waals surface area (Å²) in [5, 5.41) is 19.6. The fourth-order valence-electron chi connectivity index (χ4n) is 12.0. The Morgan fingerprint density at radius 2 is 0.649 bits per heavy atom. The molecule has 0 bridgehead atoms. The van der Waals surface area contributed by atoms with E-state index in [0.717, 1.165) is 86.6 Å². The number of hydrogen-bond donors (Lipinski definition) is 12. The van der Waals surface area contributed by atoms with Crippen LogP contribution in [0.1, 0.15) is 47.0 Å². The molecule has 134 heavy (non-hydrogen) atoms. The first-order chi connectivity index (χ1) is 63.5. The first-order valence-electron chi connectivity index (χ1n) is 37.3. The highest BCUT2D eigenvalue weighted by Gasteiger charge is 2.36. The number of fused-ring (bicyclic) bond motifs is 4. The maximum absolute atomic E-state index is 14.7. The monoisotopic (exact) mass is 2080 g/mol. The molecule has 57 heteroatoms. The van der Waals surface area contributed by atoms with Crippen LogP contribution in [0.15, 0.2) is 175 Å². The van der Waals surface area contributed by atoms with Crippen LogP contribution < -0.4 is 100.0 Å². The Hall–Kier alpha value is -13.8. The van der Waals surface area contributed by atoms with Gasteiger partial charge in [-0.3, -0.25) is 54.7 Å². The summed E-state index contributed by atoms with van der Waals surface area (Å²) >= 11 is 26.0. The van der Waals surface area contributed by atoms with Gasteiger partial charge in [0.1, 0.15) is 80.6 Å². The number of urea groups is 4. The van der Waals surface area contributed by atoms with Crippen molar-refractivity contribution in [3.8, 4) is 23.0 Å². The lowest BCUT2D eigenvalue weighted by molar-refractivity contribution is 0.0928. The minimum atomic E-state index is -4.20. The molecular weight excluding hydrogens is 2020 g/mol. The number of hydrogen-bond acceptors (Lipinski definition) is 32. The Bertz CT molecular complexity index is 6780. The van der Waals surface area contributed by atoms with Gasteiger partial charge < -0.3 is 45.5 Å². The normalized spacial score (nSPS) is 13.2. The highest BCUT2D eigenvalue weighted by molar-refractivity contribution is 7.93. The molecule has 0 radical (unpaired) electrons. The van der Waals surface area contributed by atoms with Crippen molar-refractivity contribution in [2.24, 2.45) is 0 Å². The van der Waals surface area contributed by atoms with Crippen LogP contribution in [-0.2, 0) is 40.1 Å². The number of thiophene rings is 4. The van der Waals surface area contributed by atoms with Crippen LogP contribution in [0.4, 0.5) is 110 Å². The summed E-state index contributed by atoms with van der Waals surface area (Å²) in [4.78, 5) is 120. The Balaban J connectivity index is 0.000000152. The van der Waals surface area contributed by atoms with Crippen molar-refractivity contribution in [1.82, 2.24) is 38.8 Å². The van der Waals surface area contributed by atoms with E-state index in [-0.39, 0.29) is 164 Å². The second-order valence-corrected chi connectivity index (χ2v) is 41.5. The summed E-state index contributed by atoms with van der Waals surface area (Å²) in [7, 11) is -10.3. The molecule has 0 saturated carbocycles. The largest absolute Gasteiger partial charge is 0.472 e. The first kappa shape index (κ1) is 97.8. The van der Waals surface area contributed by atoms with Crippen molar-refractivity contribution in [3.05, 3.63) is 232 Å². The van der Waals surface area contributed by atoms with Crippen LogP contribution in [0.3, 0.4) is 0 Å². The van der Waals surface area contributed by atoms with Crippen LogP contribution in [0.25, 0.3) is 0 Å². The topological polar surface area (TPSA) is 519 Å². The number of pyridine rings is 2. The van der Waals surface area contributed by atoms with E-state index in [4.69, 9.17) is 65.4 Å². The quantitative estimate of drug-likeness (QED) is 0.0315. The minimum Gasteiger partial charge on any atom is -0.472 e. The molecule has 11 heterocycles. The van der Waals surface area contributed by atoms with Gasteiger partial charge >= 0.3 is 24.1 Å². The third-order valence-corrected chi connectivity index (χ3v) is 30.6. The number of aromatic nitrogens is 4.